The van der Waals surface area contributed by atoms with E-state index in [4.69, 9.17) is 15.1 Å². The number of nitriles is 1. The van der Waals surface area contributed by atoms with Crippen molar-refractivity contribution in [3.8, 4) is 6.07 Å². The summed E-state index contributed by atoms with van der Waals surface area (Å²) in [6, 6.07) is 4.51. The fourth-order valence-electron chi connectivity index (χ4n) is 1.27. The summed E-state index contributed by atoms with van der Waals surface area (Å²) in [5.74, 6) is -1.25. The van der Waals surface area contributed by atoms with E-state index in [9.17, 15) is 13.2 Å². The number of methoxy groups -OCH3 is 1. The van der Waals surface area contributed by atoms with Gasteiger partial charge in [0.15, 0.2) is 0 Å². The Labute approximate surface area is 114 Å². The van der Waals surface area contributed by atoms with E-state index >= 15 is 0 Å². The number of carbonyl (C=O) groups is 1. The summed E-state index contributed by atoms with van der Waals surface area (Å²) in [5, 5.41) is 17.4. The summed E-state index contributed by atoms with van der Waals surface area (Å²) >= 11 is 0.804. The van der Waals surface area contributed by atoms with Crippen LogP contribution >= 0.6 is 11.3 Å². The standard InChI is InChI=1S/C10H12N2O5S2/c1-17-5-4-12(7-9(13)14)19(15,16)10-3-2-8(6-11)18-10/h2-3H,4-5,7H2,1H3,(H,13,14). The highest BCUT2D eigenvalue weighted by Gasteiger charge is 2.27. The first kappa shape index (κ1) is 15.6. The molecule has 0 saturated carbocycles. The molecule has 1 aromatic heterocycles. The van der Waals surface area contributed by atoms with Crippen LogP contribution in [0, 0.1) is 11.3 Å². The van der Waals surface area contributed by atoms with Crippen LogP contribution in [0.4, 0.5) is 0 Å². The number of thiophene rings is 1. The van der Waals surface area contributed by atoms with Crippen LogP contribution in [0.2, 0.25) is 0 Å². The van der Waals surface area contributed by atoms with Gasteiger partial charge in [-0.05, 0) is 12.1 Å². The van der Waals surface area contributed by atoms with E-state index in [1.165, 1.54) is 19.2 Å². The van der Waals surface area contributed by atoms with E-state index in [0.717, 1.165) is 15.6 Å². The van der Waals surface area contributed by atoms with Crippen molar-refractivity contribution in [3.05, 3.63) is 17.0 Å². The van der Waals surface area contributed by atoms with Gasteiger partial charge in [0.25, 0.3) is 10.0 Å². The van der Waals surface area contributed by atoms with E-state index in [0.29, 0.717) is 0 Å². The Hall–Kier alpha value is -1.47. The smallest absolute Gasteiger partial charge is 0.318 e. The van der Waals surface area contributed by atoms with Crippen molar-refractivity contribution in [1.82, 2.24) is 4.31 Å². The monoisotopic (exact) mass is 304 g/mol. The van der Waals surface area contributed by atoms with Gasteiger partial charge in [-0.25, -0.2) is 8.42 Å². The van der Waals surface area contributed by atoms with Crippen LogP contribution in [0.3, 0.4) is 0 Å². The van der Waals surface area contributed by atoms with Crippen molar-refractivity contribution in [1.29, 1.82) is 5.26 Å². The number of ether oxygens (including phenoxy) is 1. The topological polar surface area (TPSA) is 108 Å². The van der Waals surface area contributed by atoms with Crippen LogP contribution in [-0.2, 0) is 19.6 Å². The second-order valence-electron chi connectivity index (χ2n) is 3.46. The molecule has 0 saturated heterocycles. The van der Waals surface area contributed by atoms with Crippen LogP contribution in [-0.4, -0.2) is 50.6 Å². The van der Waals surface area contributed by atoms with Crippen LogP contribution in [0.15, 0.2) is 16.3 Å². The zero-order chi connectivity index (χ0) is 14.5. The van der Waals surface area contributed by atoms with Gasteiger partial charge in [-0.3, -0.25) is 4.79 Å². The van der Waals surface area contributed by atoms with Crippen molar-refractivity contribution in [3.63, 3.8) is 0 Å². The molecular formula is C10H12N2O5S2. The highest BCUT2D eigenvalue weighted by molar-refractivity contribution is 7.91. The lowest BCUT2D eigenvalue weighted by atomic mass is 10.5. The normalized spacial score (nSPS) is 11.4. The molecule has 0 bridgehead atoms. The van der Waals surface area contributed by atoms with Crippen LogP contribution in [0.1, 0.15) is 4.88 Å². The Balaban J connectivity index is 3.04. The molecule has 0 aliphatic carbocycles. The molecule has 19 heavy (non-hydrogen) atoms. The van der Waals surface area contributed by atoms with Crippen LogP contribution in [0.25, 0.3) is 0 Å². The molecule has 0 aromatic carbocycles. The minimum Gasteiger partial charge on any atom is -0.480 e. The lowest BCUT2D eigenvalue weighted by Crippen LogP contribution is -2.37. The minimum atomic E-state index is -3.92. The predicted molar refractivity (Wildman–Crippen MR) is 67.3 cm³/mol. The number of hydrogen-bond acceptors (Lipinski definition) is 6. The Kier molecular flexibility index (Phi) is 5.44. The van der Waals surface area contributed by atoms with E-state index in [-0.39, 0.29) is 22.2 Å². The number of carboxylic acids is 1. The first-order valence-electron chi connectivity index (χ1n) is 5.12. The third-order valence-corrected chi connectivity index (χ3v) is 5.44. The third kappa shape index (κ3) is 4.00. The van der Waals surface area contributed by atoms with Gasteiger partial charge < -0.3 is 9.84 Å². The number of hydrogen-bond donors (Lipinski definition) is 1. The second kappa shape index (κ2) is 6.63. The summed E-state index contributed by atoms with van der Waals surface area (Å²) in [6.45, 7) is -0.626. The highest BCUT2D eigenvalue weighted by atomic mass is 32.2. The number of carboxylic acid groups (broad SMARTS) is 1. The zero-order valence-electron chi connectivity index (χ0n) is 10.1. The molecule has 0 aliphatic rings. The Bertz CT molecular complexity index is 587. The number of nitrogens with zero attached hydrogens (tertiary/aromatic N) is 2. The summed E-state index contributed by atoms with van der Waals surface area (Å²) in [5.41, 5.74) is 0. The van der Waals surface area contributed by atoms with Crippen molar-refractivity contribution in [2.24, 2.45) is 0 Å². The first-order chi connectivity index (χ1) is 8.91. The largest absolute Gasteiger partial charge is 0.480 e. The second-order valence-corrected chi connectivity index (χ2v) is 6.70. The fourth-order valence-corrected chi connectivity index (χ4v) is 3.91. The summed E-state index contributed by atoms with van der Waals surface area (Å²) in [7, 11) is -2.52. The van der Waals surface area contributed by atoms with Gasteiger partial charge in [-0.1, -0.05) is 0 Å². The van der Waals surface area contributed by atoms with Crippen LogP contribution in [0.5, 0.6) is 0 Å². The average Bonchev–Trinajstić information content (AvgIpc) is 2.83. The quantitative estimate of drug-likeness (QED) is 0.778. The Morgan fingerprint density at radius 1 is 1.58 bits per heavy atom. The molecule has 1 heterocycles. The maximum Gasteiger partial charge on any atom is 0.318 e. The van der Waals surface area contributed by atoms with E-state index in [1.807, 2.05) is 6.07 Å². The van der Waals surface area contributed by atoms with Gasteiger partial charge in [0.05, 0.1) is 6.61 Å². The molecule has 0 radical (unpaired) electrons. The number of aliphatic carboxylic acids is 1. The molecule has 1 rings (SSSR count). The summed E-state index contributed by atoms with van der Waals surface area (Å²) in [4.78, 5) is 11.0. The zero-order valence-corrected chi connectivity index (χ0v) is 11.7. The molecule has 7 nitrogen and oxygen atoms in total. The molecule has 0 atom stereocenters. The lowest BCUT2D eigenvalue weighted by molar-refractivity contribution is -0.137. The number of rotatable bonds is 7. The first-order valence-corrected chi connectivity index (χ1v) is 7.38. The molecule has 9 heteroatoms. The van der Waals surface area contributed by atoms with Gasteiger partial charge in [0, 0.05) is 13.7 Å². The van der Waals surface area contributed by atoms with Crippen molar-refractivity contribution in [2.75, 3.05) is 26.8 Å². The lowest BCUT2D eigenvalue weighted by Gasteiger charge is -2.18. The maximum absolute atomic E-state index is 12.2. The van der Waals surface area contributed by atoms with Gasteiger partial charge in [-0.2, -0.15) is 9.57 Å². The van der Waals surface area contributed by atoms with E-state index in [1.54, 1.807) is 0 Å². The van der Waals surface area contributed by atoms with Crippen LogP contribution < -0.4 is 0 Å². The van der Waals surface area contributed by atoms with Crippen molar-refractivity contribution < 1.29 is 23.1 Å². The Morgan fingerprint density at radius 3 is 2.74 bits per heavy atom. The molecular weight excluding hydrogens is 292 g/mol. The molecule has 0 spiro atoms. The van der Waals surface area contributed by atoms with Crippen molar-refractivity contribution in [2.45, 2.75) is 4.21 Å². The molecule has 104 valence electrons. The molecule has 0 unspecified atom stereocenters. The minimum absolute atomic E-state index is 0.0543. The Morgan fingerprint density at radius 2 is 2.26 bits per heavy atom. The van der Waals surface area contributed by atoms with E-state index in [2.05, 4.69) is 0 Å². The van der Waals surface area contributed by atoms with Gasteiger partial charge >= 0.3 is 5.97 Å². The number of sulfonamides is 1. The highest BCUT2D eigenvalue weighted by Crippen LogP contribution is 2.24. The fraction of sp³-hybridized carbons (Fsp3) is 0.400. The summed E-state index contributed by atoms with van der Waals surface area (Å²) < 4.78 is 29.9. The maximum atomic E-state index is 12.2. The SMILES string of the molecule is COCCN(CC(=O)O)S(=O)(=O)c1ccc(C#N)s1. The molecule has 1 N–H and O–H groups in total. The van der Waals surface area contributed by atoms with Gasteiger partial charge in [0.2, 0.25) is 0 Å². The molecule has 0 fully saturated rings. The third-order valence-electron chi connectivity index (χ3n) is 2.14. The molecule has 0 amide bonds. The van der Waals surface area contributed by atoms with Crippen molar-refractivity contribution >= 4 is 27.3 Å². The van der Waals surface area contributed by atoms with Gasteiger partial charge in [-0.15, -0.1) is 11.3 Å². The van der Waals surface area contributed by atoms with E-state index < -0.39 is 22.5 Å². The predicted octanol–water partition coefficient (Wildman–Crippen LogP) is 0.341. The average molecular weight is 304 g/mol. The molecule has 1 aromatic rings. The van der Waals surface area contributed by atoms with Gasteiger partial charge in [0.1, 0.15) is 21.7 Å². The molecule has 0 aliphatic heterocycles. The summed E-state index contributed by atoms with van der Waals surface area (Å²) in [6.07, 6.45) is 0.